The number of nitrogens with one attached hydrogen (secondary N) is 1. The topological polar surface area (TPSA) is 61.2 Å². The van der Waals surface area contributed by atoms with Gasteiger partial charge < -0.3 is 19.4 Å². The lowest BCUT2D eigenvalue weighted by atomic mass is 10.1. The minimum atomic E-state index is 0.615. The van der Waals surface area contributed by atoms with Crippen LogP contribution in [0, 0.1) is 0 Å². The van der Waals surface area contributed by atoms with E-state index in [1.54, 1.807) is 19.5 Å². The molecule has 136 valence electrons. The van der Waals surface area contributed by atoms with E-state index in [0.717, 1.165) is 35.1 Å². The quantitative estimate of drug-likeness (QED) is 0.637. The SMILES string of the molecule is CCOc1ccc(-c2cnc(NCc3ccncc3)n2CCOC)cc1. The molecule has 0 saturated heterocycles. The van der Waals surface area contributed by atoms with E-state index >= 15 is 0 Å². The molecule has 6 heteroatoms. The van der Waals surface area contributed by atoms with Crippen LogP contribution in [0.1, 0.15) is 12.5 Å². The van der Waals surface area contributed by atoms with Gasteiger partial charge in [-0.1, -0.05) is 0 Å². The molecule has 2 heterocycles. The summed E-state index contributed by atoms with van der Waals surface area (Å²) in [4.78, 5) is 8.62. The van der Waals surface area contributed by atoms with E-state index in [0.29, 0.717) is 19.8 Å². The molecule has 1 aromatic carbocycles. The third-order valence-electron chi connectivity index (χ3n) is 4.04. The molecule has 0 radical (unpaired) electrons. The van der Waals surface area contributed by atoms with Gasteiger partial charge in [-0.2, -0.15) is 0 Å². The second-order valence-corrected chi connectivity index (χ2v) is 5.78. The van der Waals surface area contributed by atoms with Gasteiger partial charge >= 0.3 is 0 Å². The number of hydrogen-bond donors (Lipinski definition) is 1. The van der Waals surface area contributed by atoms with E-state index in [2.05, 4.69) is 32.0 Å². The Kier molecular flexibility index (Phi) is 6.22. The van der Waals surface area contributed by atoms with Crippen LogP contribution in [0.5, 0.6) is 5.75 Å². The Morgan fingerprint density at radius 1 is 1.08 bits per heavy atom. The lowest BCUT2D eigenvalue weighted by Crippen LogP contribution is -2.11. The van der Waals surface area contributed by atoms with Crippen molar-refractivity contribution in [2.24, 2.45) is 0 Å². The monoisotopic (exact) mass is 352 g/mol. The summed E-state index contributed by atoms with van der Waals surface area (Å²) in [5, 5.41) is 3.40. The van der Waals surface area contributed by atoms with Crippen LogP contribution >= 0.6 is 0 Å². The van der Waals surface area contributed by atoms with Crippen molar-refractivity contribution in [1.29, 1.82) is 0 Å². The van der Waals surface area contributed by atoms with E-state index in [1.807, 2.05) is 37.4 Å². The summed E-state index contributed by atoms with van der Waals surface area (Å²) in [6, 6.07) is 12.1. The normalized spacial score (nSPS) is 10.7. The molecule has 0 atom stereocenters. The van der Waals surface area contributed by atoms with Crippen LogP contribution < -0.4 is 10.1 Å². The maximum Gasteiger partial charge on any atom is 0.203 e. The predicted molar refractivity (Wildman–Crippen MR) is 102 cm³/mol. The highest BCUT2D eigenvalue weighted by atomic mass is 16.5. The largest absolute Gasteiger partial charge is 0.494 e. The highest BCUT2D eigenvalue weighted by Gasteiger charge is 2.12. The van der Waals surface area contributed by atoms with Gasteiger partial charge in [-0.25, -0.2) is 4.98 Å². The Labute approximate surface area is 153 Å². The fourth-order valence-corrected chi connectivity index (χ4v) is 2.73. The lowest BCUT2D eigenvalue weighted by Gasteiger charge is -2.13. The molecule has 3 rings (SSSR count). The first-order chi connectivity index (χ1) is 12.8. The van der Waals surface area contributed by atoms with Gasteiger partial charge in [0, 0.05) is 38.2 Å². The van der Waals surface area contributed by atoms with E-state index in [-0.39, 0.29) is 0 Å². The van der Waals surface area contributed by atoms with Crippen LogP contribution in [0.4, 0.5) is 5.95 Å². The Morgan fingerprint density at radius 3 is 2.54 bits per heavy atom. The molecule has 0 fully saturated rings. The molecule has 0 amide bonds. The third kappa shape index (κ3) is 4.40. The smallest absolute Gasteiger partial charge is 0.203 e. The van der Waals surface area contributed by atoms with Gasteiger partial charge in [-0.05, 0) is 48.9 Å². The van der Waals surface area contributed by atoms with Crippen LogP contribution in [-0.4, -0.2) is 34.9 Å². The minimum Gasteiger partial charge on any atom is -0.494 e. The maximum atomic E-state index is 5.52. The van der Waals surface area contributed by atoms with E-state index in [1.165, 1.54) is 0 Å². The van der Waals surface area contributed by atoms with Crippen LogP contribution in [0.15, 0.2) is 55.0 Å². The summed E-state index contributed by atoms with van der Waals surface area (Å²) < 4.78 is 12.9. The number of imidazole rings is 1. The fraction of sp³-hybridized carbons (Fsp3) is 0.300. The highest BCUT2D eigenvalue weighted by Crippen LogP contribution is 2.25. The van der Waals surface area contributed by atoms with Gasteiger partial charge in [0.25, 0.3) is 0 Å². The molecule has 26 heavy (non-hydrogen) atoms. The minimum absolute atomic E-state index is 0.615. The molecule has 6 nitrogen and oxygen atoms in total. The average Bonchev–Trinajstić information content (AvgIpc) is 3.09. The lowest BCUT2D eigenvalue weighted by molar-refractivity contribution is 0.188. The molecule has 0 saturated carbocycles. The summed E-state index contributed by atoms with van der Waals surface area (Å²) in [6.07, 6.45) is 5.47. The van der Waals surface area contributed by atoms with Gasteiger partial charge in [0.15, 0.2) is 0 Å². The van der Waals surface area contributed by atoms with Crippen molar-refractivity contribution >= 4 is 5.95 Å². The van der Waals surface area contributed by atoms with E-state index in [4.69, 9.17) is 9.47 Å². The zero-order chi connectivity index (χ0) is 18.2. The Hall–Kier alpha value is -2.86. The number of rotatable bonds is 9. The number of benzene rings is 1. The van der Waals surface area contributed by atoms with E-state index < -0.39 is 0 Å². The molecule has 0 aliphatic carbocycles. The first-order valence-electron chi connectivity index (χ1n) is 8.72. The number of ether oxygens (including phenoxy) is 2. The predicted octanol–water partition coefficient (Wildman–Crippen LogP) is 3.60. The number of hydrogen-bond acceptors (Lipinski definition) is 5. The van der Waals surface area contributed by atoms with E-state index in [9.17, 15) is 0 Å². The van der Waals surface area contributed by atoms with Crippen molar-refractivity contribution < 1.29 is 9.47 Å². The molecule has 0 unspecified atom stereocenters. The van der Waals surface area contributed by atoms with Crippen molar-refractivity contribution in [3.8, 4) is 17.0 Å². The maximum absolute atomic E-state index is 5.52. The Bertz CT molecular complexity index is 800. The number of methoxy groups -OCH3 is 1. The van der Waals surface area contributed by atoms with Crippen molar-refractivity contribution in [2.45, 2.75) is 20.0 Å². The summed E-state index contributed by atoms with van der Waals surface area (Å²) in [5.41, 5.74) is 3.29. The van der Waals surface area contributed by atoms with Crippen LogP contribution in [-0.2, 0) is 17.8 Å². The molecule has 3 aromatic rings. The van der Waals surface area contributed by atoms with Gasteiger partial charge in [0.05, 0.1) is 25.1 Å². The second kappa shape index (κ2) is 9.01. The Balaban J connectivity index is 1.81. The van der Waals surface area contributed by atoms with Crippen LogP contribution in [0.3, 0.4) is 0 Å². The number of anilines is 1. The van der Waals surface area contributed by atoms with Gasteiger partial charge in [-0.3, -0.25) is 4.98 Å². The van der Waals surface area contributed by atoms with Crippen molar-refractivity contribution in [3.63, 3.8) is 0 Å². The molecule has 0 aliphatic heterocycles. The molecule has 1 N–H and O–H groups in total. The summed E-state index contributed by atoms with van der Waals surface area (Å²) in [6.45, 7) is 4.67. The third-order valence-corrected chi connectivity index (χ3v) is 4.04. The zero-order valence-corrected chi connectivity index (χ0v) is 15.2. The molecule has 0 aliphatic rings. The number of nitrogens with zero attached hydrogens (tertiary/aromatic N) is 3. The summed E-state index contributed by atoms with van der Waals surface area (Å²) in [7, 11) is 1.71. The van der Waals surface area contributed by atoms with Crippen molar-refractivity contribution in [1.82, 2.24) is 14.5 Å². The standard InChI is InChI=1S/C20H24N4O2/c1-3-26-18-6-4-17(5-7-18)19-15-23-20(24(19)12-13-25-2)22-14-16-8-10-21-11-9-16/h4-11,15H,3,12-14H2,1-2H3,(H,22,23). The van der Waals surface area contributed by atoms with Gasteiger partial charge in [0.1, 0.15) is 5.75 Å². The summed E-state index contributed by atoms with van der Waals surface area (Å²) >= 11 is 0. The van der Waals surface area contributed by atoms with Crippen LogP contribution in [0.25, 0.3) is 11.3 Å². The molecular weight excluding hydrogens is 328 g/mol. The summed E-state index contributed by atoms with van der Waals surface area (Å²) in [5.74, 6) is 1.69. The fourth-order valence-electron chi connectivity index (χ4n) is 2.73. The Morgan fingerprint density at radius 2 is 1.85 bits per heavy atom. The first-order valence-corrected chi connectivity index (χ1v) is 8.72. The zero-order valence-electron chi connectivity index (χ0n) is 15.2. The first kappa shape index (κ1) is 17.9. The van der Waals surface area contributed by atoms with Gasteiger partial charge in [0.2, 0.25) is 5.95 Å². The number of aromatic nitrogens is 3. The molecular formula is C20H24N4O2. The highest BCUT2D eigenvalue weighted by molar-refractivity contribution is 5.62. The van der Waals surface area contributed by atoms with Gasteiger partial charge in [-0.15, -0.1) is 0 Å². The molecule has 0 bridgehead atoms. The number of pyridine rings is 1. The molecule has 0 spiro atoms. The second-order valence-electron chi connectivity index (χ2n) is 5.78. The average molecular weight is 352 g/mol. The van der Waals surface area contributed by atoms with Crippen molar-refractivity contribution in [2.75, 3.05) is 25.6 Å². The molecule has 2 aromatic heterocycles. The van der Waals surface area contributed by atoms with Crippen molar-refractivity contribution in [3.05, 3.63) is 60.6 Å². The van der Waals surface area contributed by atoms with Crippen LogP contribution in [0.2, 0.25) is 0 Å².